The average Bonchev–Trinajstić information content (AvgIpc) is 2.49. The number of halogens is 4. The quantitative estimate of drug-likeness (QED) is 0.733. The van der Waals surface area contributed by atoms with Gasteiger partial charge >= 0.3 is 5.97 Å². The fraction of sp³-hybridized carbons (Fsp3) is 0.133. The van der Waals surface area contributed by atoms with Gasteiger partial charge in [0.2, 0.25) is 0 Å². The minimum atomic E-state index is -1.13. The first-order chi connectivity index (χ1) is 11.3. The van der Waals surface area contributed by atoms with E-state index in [1.165, 1.54) is 31.3 Å². The molecule has 1 atom stereocenters. The summed E-state index contributed by atoms with van der Waals surface area (Å²) in [7, 11) is 0. The molecular formula is C15H10Cl4N2O3. The molecule has 126 valence electrons. The predicted molar refractivity (Wildman–Crippen MR) is 94.2 cm³/mol. The number of hydrogen-bond donors (Lipinski definition) is 1. The molecule has 0 aliphatic rings. The second-order valence-electron chi connectivity index (χ2n) is 4.62. The van der Waals surface area contributed by atoms with E-state index in [4.69, 9.17) is 51.1 Å². The molecule has 0 aliphatic carbocycles. The summed E-state index contributed by atoms with van der Waals surface area (Å²) in [5.74, 6) is -1.34. The zero-order valence-corrected chi connectivity index (χ0v) is 15.2. The minimum absolute atomic E-state index is 0.0110. The maximum atomic E-state index is 12.1. The van der Waals surface area contributed by atoms with Gasteiger partial charge in [0.25, 0.3) is 5.91 Å². The van der Waals surface area contributed by atoms with Gasteiger partial charge in [0.15, 0.2) is 11.9 Å². The number of pyridine rings is 1. The van der Waals surface area contributed by atoms with E-state index >= 15 is 0 Å². The van der Waals surface area contributed by atoms with Gasteiger partial charge < -0.3 is 10.1 Å². The Labute approximate surface area is 157 Å². The molecule has 9 heteroatoms. The summed E-state index contributed by atoms with van der Waals surface area (Å²) in [4.78, 5) is 28.1. The van der Waals surface area contributed by atoms with Crippen molar-refractivity contribution in [3.8, 4) is 0 Å². The summed E-state index contributed by atoms with van der Waals surface area (Å²) in [5.41, 5.74) is -0.0110. The van der Waals surface area contributed by atoms with Crippen molar-refractivity contribution in [2.24, 2.45) is 0 Å². The van der Waals surface area contributed by atoms with E-state index in [0.717, 1.165) is 0 Å². The van der Waals surface area contributed by atoms with Gasteiger partial charge in [-0.15, -0.1) is 0 Å². The van der Waals surface area contributed by atoms with Gasteiger partial charge in [-0.05, 0) is 25.1 Å². The highest BCUT2D eigenvalue weighted by Crippen LogP contribution is 2.26. The van der Waals surface area contributed by atoms with Crippen molar-refractivity contribution < 1.29 is 14.3 Å². The number of benzene rings is 1. The lowest BCUT2D eigenvalue weighted by atomic mass is 10.2. The van der Waals surface area contributed by atoms with Crippen molar-refractivity contribution in [3.05, 3.63) is 56.1 Å². The second-order valence-corrected chi connectivity index (χ2v) is 6.28. The SMILES string of the molecule is C[C@@H](OC(=O)c1c(Cl)cccc1Cl)C(=O)Nc1ncc(Cl)cc1Cl. The average molecular weight is 408 g/mol. The van der Waals surface area contributed by atoms with Crippen molar-refractivity contribution >= 4 is 64.1 Å². The van der Waals surface area contributed by atoms with Crippen LogP contribution in [0.15, 0.2) is 30.5 Å². The zero-order valence-electron chi connectivity index (χ0n) is 12.1. The van der Waals surface area contributed by atoms with E-state index in [1.54, 1.807) is 6.07 Å². The van der Waals surface area contributed by atoms with Crippen LogP contribution in [0.25, 0.3) is 0 Å². The first kappa shape index (κ1) is 18.8. The molecule has 1 heterocycles. The Morgan fingerprint density at radius 3 is 2.33 bits per heavy atom. The smallest absolute Gasteiger partial charge is 0.341 e. The number of hydrogen-bond acceptors (Lipinski definition) is 4. The van der Waals surface area contributed by atoms with E-state index in [0.29, 0.717) is 5.02 Å². The molecule has 1 amide bonds. The van der Waals surface area contributed by atoms with Gasteiger partial charge in [-0.25, -0.2) is 9.78 Å². The summed E-state index contributed by atoms with van der Waals surface area (Å²) >= 11 is 23.5. The number of nitrogens with one attached hydrogen (secondary N) is 1. The molecule has 0 bridgehead atoms. The highest BCUT2D eigenvalue weighted by atomic mass is 35.5. The summed E-state index contributed by atoms with van der Waals surface area (Å²) in [6.45, 7) is 1.39. The molecule has 0 saturated heterocycles. The topological polar surface area (TPSA) is 68.3 Å². The fourth-order valence-corrected chi connectivity index (χ4v) is 2.67. The van der Waals surface area contributed by atoms with Crippen LogP contribution in [-0.4, -0.2) is 23.0 Å². The molecule has 0 spiro atoms. The highest BCUT2D eigenvalue weighted by molar-refractivity contribution is 6.39. The molecule has 1 N–H and O–H groups in total. The third-order valence-electron chi connectivity index (χ3n) is 2.87. The summed E-state index contributed by atoms with van der Waals surface area (Å²) < 4.78 is 5.08. The van der Waals surface area contributed by atoms with Crippen LogP contribution < -0.4 is 5.32 Å². The Morgan fingerprint density at radius 1 is 1.12 bits per heavy atom. The van der Waals surface area contributed by atoms with Crippen LogP contribution in [0.3, 0.4) is 0 Å². The van der Waals surface area contributed by atoms with E-state index in [9.17, 15) is 9.59 Å². The van der Waals surface area contributed by atoms with Crippen LogP contribution in [-0.2, 0) is 9.53 Å². The number of esters is 1. The largest absolute Gasteiger partial charge is 0.449 e. The van der Waals surface area contributed by atoms with Gasteiger partial charge in [0.05, 0.1) is 25.7 Å². The number of ether oxygens (including phenoxy) is 1. The van der Waals surface area contributed by atoms with Crippen LogP contribution in [0, 0.1) is 0 Å². The number of anilines is 1. The lowest BCUT2D eigenvalue weighted by Crippen LogP contribution is -2.30. The number of aromatic nitrogens is 1. The molecule has 1 aromatic carbocycles. The molecule has 0 fully saturated rings. The van der Waals surface area contributed by atoms with Gasteiger partial charge in [0, 0.05) is 6.20 Å². The Morgan fingerprint density at radius 2 is 1.75 bits per heavy atom. The molecule has 2 rings (SSSR count). The first-order valence-electron chi connectivity index (χ1n) is 6.56. The molecule has 1 aromatic heterocycles. The van der Waals surface area contributed by atoms with E-state index in [-0.39, 0.29) is 26.4 Å². The van der Waals surface area contributed by atoms with Crippen LogP contribution in [0.5, 0.6) is 0 Å². The van der Waals surface area contributed by atoms with Crippen molar-refractivity contribution in [2.75, 3.05) is 5.32 Å². The van der Waals surface area contributed by atoms with Crippen molar-refractivity contribution in [3.63, 3.8) is 0 Å². The minimum Gasteiger partial charge on any atom is -0.449 e. The van der Waals surface area contributed by atoms with Gasteiger partial charge in [0.1, 0.15) is 0 Å². The molecular weight excluding hydrogens is 398 g/mol. The Balaban J connectivity index is 2.07. The first-order valence-corrected chi connectivity index (χ1v) is 8.07. The van der Waals surface area contributed by atoms with E-state index in [1.807, 2.05) is 0 Å². The molecule has 5 nitrogen and oxygen atoms in total. The molecule has 0 unspecified atom stereocenters. The van der Waals surface area contributed by atoms with Gasteiger partial charge in [-0.2, -0.15) is 0 Å². The normalized spacial score (nSPS) is 11.7. The molecule has 0 aliphatic heterocycles. The Kier molecular flexibility index (Phi) is 6.29. The van der Waals surface area contributed by atoms with Crippen LogP contribution in [0.2, 0.25) is 20.1 Å². The van der Waals surface area contributed by atoms with E-state index in [2.05, 4.69) is 10.3 Å². The van der Waals surface area contributed by atoms with E-state index < -0.39 is 18.0 Å². The van der Waals surface area contributed by atoms with Crippen molar-refractivity contribution in [2.45, 2.75) is 13.0 Å². The number of amides is 1. The molecule has 24 heavy (non-hydrogen) atoms. The van der Waals surface area contributed by atoms with Crippen LogP contribution in [0.4, 0.5) is 5.82 Å². The Bertz CT molecular complexity index is 778. The van der Waals surface area contributed by atoms with Gasteiger partial charge in [-0.1, -0.05) is 52.5 Å². The summed E-state index contributed by atoms with van der Waals surface area (Å²) in [6, 6.07) is 6.00. The van der Waals surface area contributed by atoms with Crippen LogP contribution in [0.1, 0.15) is 17.3 Å². The van der Waals surface area contributed by atoms with Crippen molar-refractivity contribution in [1.82, 2.24) is 4.98 Å². The van der Waals surface area contributed by atoms with Crippen LogP contribution >= 0.6 is 46.4 Å². The van der Waals surface area contributed by atoms with Crippen molar-refractivity contribution in [1.29, 1.82) is 0 Å². The highest BCUT2D eigenvalue weighted by Gasteiger charge is 2.23. The lowest BCUT2D eigenvalue weighted by molar-refractivity contribution is -0.123. The summed E-state index contributed by atoms with van der Waals surface area (Å²) in [6.07, 6.45) is 0.196. The molecule has 2 aromatic rings. The third kappa shape index (κ3) is 4.51. The maximum Gasteiger partial charge on any atom is 0.341 e. The second kappa shape index (κ2) is 8.03. The zero-order chi connectivity index (χ0) is 17.9. The Hall–Kier alpha value is -1.53. The fourth-order valence-electron chi connectivity index (χ4n) is 1.69. The predicted octanol–water partition coefficient (Wildman–Crippen LogP) is 4.88. The molecule has 0 radical (unpaired) electrons. The standard InChI is InChI=1S/C15H10Cl4N2O3/c1-7(14(22)21-13-11(19)5-8(16)6-20-13)24-15(23)12-9(17)3-2-4-10(12)18/h2-7H,1H3,(H,20,21,22)/t7-/m1/s1. The monoisotopic (exact) mass is 406 g/mol. The third-order valence-corrected chi connectivity index (χ3v) is 3.99. The number of carbonyl (C=O) groups excluding carboxylic acids is 2. The number of nitrogens with zero attached hydrogens (tertiary/aromatic N) is 1. The summed E-state index contributed by atoms with van der Waals surface area (Å²) in [5, 5.41) is 3.17. The lowest BCUT2D eigenvalue weighted by Gasteiger charge is -2.14. The number of carbonyl (C=O) groups is 2. The molecule has 0 saturated carbocycles. The number of rotatable bonds is 4. The van der Waals surface area contributed by atoms with Gasteiger partial charge in [-0.3, -0.25) is 4.79 Å². The maximum absolute atomic E-state index is 12.1.